The van der Waals surface area contributed by atoms with Gasteiger partial charge in [0.1, 0.15) is 0 Å². The molecule has 2 N–H and O–H groups in total. The summed E-state index contributed by atoms with van der Waals surface area (Å²) in [7, 11) is 0. The van der Waals surface area contributed by atoms with E-state index < -0.39 is 5.97 Å². The molecular weight excluding hydrogens is 270 g/mol. The third-order valence-corrected chi connectivity index (χ3v) is 3.67. The van der Waals surface area contributed by atoms with Crippen molar-refractivity contribution in [2.45, 2.75) is 25.7 Å². The van der Waals surface area contributed by atoms with Gasteiger partial charge >= 0.3 is 5.97 Å². The van der Waals surface area contributed by atoms with Crippen LogP contribution in [0.3, 0.4) is 0 Å². The Morgan fingerprint density at radius 1 is 1.38 bits per heavy atom. The van der Waals surface area contributed by atoms with Gasteiger partial charge in [-0.05, 0) is 42.9 Å². The molecule has 114 valence electrons. The maximum absolute atomic E-state index is 11.8. The fourth-order valence-electron chi connectivity index (χ4n) is 2.51. The van der Waals surface area contributed by atoms with Crippen molar-refractivity contribution in [2.24, 2.45) is 5.92 Å². The van der Waals surface area contributed by atoms with Crippen molar-refractivity contribution >= 4 is 11.9 Å². The zero-order valence-electron chi connectivity index (χ0n) is 12.0. The highest BCUT2D eigenvalue weighted by molar-refractivity contribution is 5.88. The van der Waals surface area contributed by atoms with Crippen LogP contribution in [0.2, 0.25) is 0 Å². The highest BCUT2D eigenvalue weighted by Gasteiger charge is 2.14. The first-order valence-electron chi connectivity index (χ1n) is 7.32. The lowest BCUT2D eigenvalue weighted by atomic mass is 9.99. The van der Waals surface area contributed by atoms with E-state index in [1.54, 1.807) is 12.1 Å². The summed E-state index contributed by atoms with van der Waals surface area (Å²) in [5.41, 5.74) is 0.924. The molecule has 0 aliphatic carbocycles. The molecule has 1 aromatic rings. The Morgan fingerprint density at radius 2 is 2.24 bits per heavy atom. The van der Waals surface area contributed by atoms with Crippen LogP contribution in [0.1, 0.15) is 35.2 Å². The molecule has 0 aromatic heterocycles. The van der Waals surface area contributed by atoms with Gasteiger partial charge in [0.15, 0.2) is 0 Å². The summed E-state index contributed by atoms with van der Waals surface area (Å²) in [6.07, 6.45) is 3.40. The van der Waals surface area contributed by atoms with E-state index in [4.69, 9.17) is 9.84 Å². The number of carbonyl (C=O) groups excluding carboxylic acids is 1. The number of carbonyl (C=O) groups is 2. The molecule has 0 radical (unpaired) electrons. The highest BCUT2D eigenvalue weighted by atomic mass is 16.5. The molecule has 0 spiro atoms. The van der Waals surface area contributed by atoms with Crippen molar-refractivity contribution in [3.63, 3.8) is 0 Å². The fraction of sp³-hybridized carbons (Fsp3) is 0.500. The smallest absolute Gasteiger partial charge is 0.335 e. The summed E-state index contributed by atoms with van der Waals surface area (Å²) < 4.78 is 5.40. The number of carboxylic acid groups (broad SMARTS) is 1. The molecule has 1 aliphatic rings. The molecule has 1 saturated heterocycles. The van der Waals surface area contributed by atoms with Crippen LogP contribution >= 0.6 is 0 Å². The van der Waals surface area contributed by atoms with E-state index in [9.17, 15) is 9.59 Å². The average molecular weight is 291 g/mol. The number of benzene rings is 1. The number of aromatic carboxylic acids is 1. The number of carboxylic acids is 1. The van der Waals surface area contributed by atoms with Gasteiger partial charge in [0.25, 0.3) is 0 Å². The third-order valence-electron chi connectivity index (χ3n) is 3.67. The minimum absolute atomic E-state index is 0.0748. The number of hydrogen-bond acceptors (Lipinski definition) is 3. The van der Waals surface area contributed by atoms with Crippen molar-refractivity contribution in [1.29, 1.82) is 0 Å². The quantitative estimate of drug-likeness (QED) is 0.839. The Bertz CT molecular complexity index is 495. The lowest BCUT2D eigenvalue weighted by molar-refractivity contribution is -0.120. The minimum atomic E-state index is -0.977. The van der Waals surface area contributed by atoms with E-state index in [0.29, 0.717) is 18.0 Å². The lowest BCUT2D eigenvalue weighted by Crippen LogP contribution is -2.29. The van der Waals surface area contributed by atoms with Crippen LogP contribution in [0.4, 0.5) is 0 Å². The van der Waals surface area contributed by atoms with E-state index in [0.717, 1.165) is 32.5 Å². The molecule has 1 atom stereocenters. The number of nitrogens with one attached hydrogen (secondary N) is 1. The van der Waals surface area contributed by atoms with Crippen LogP contribution in [0, 0.1) is 5.92 Å². The van der Waals surface area contributed by atoms with E-state index >= 15 is 0 Å². The van der Waals surface area contributed by atoms with Gasteiger partial charge in [-0.3, -0.25) is 4.79 Å². The monoisotopic (exact) mass is 291 g/mol. The molecule has 2 rings (SSSR count). The number of amides is 1. The molecule has 1 amide bonds. The van der Waals surface area contributed by atoms with Crippen LogP contribution in [0.5, 0.6) is 0 Å². The summed E-state index contributed by atoms with van der Waals surface area (Å²) in [4.78, 5) is 22.7. The average Bonchev–Trinajstić information content (AvgIpc) is 2.48. The van der Waals surface area contributed by atoms with Crippen LogP contribution in [-0.4, -0.2) is 36.7 Å². The molecule has 5 nitrogen and oxygen atoms in total. The van der Waals surface area contributed by atoms with Gasteiger partial charge in [0.2, 0.25) is 5.91 Å². The summed E-state index contributed by atoms with van der Waals surface area (Å²) >= 11 is 0. The zero-order chi connectivity index (χ0) is 15.1. The summed E-state index contributed by atoms with van der Waals surface area (Å²) in [5, 5.41) is 11.8. The third kappa shape index (κ3) is 5.19. The van der Waals surface area contributed by atoms with Crippen molar-refractivity contribution in [1.82, 2.24) is 5.32 Å². The predicted octanol–water partition coefficient (Wildman–Crippen LogP) is 1.86. The van der Waals surface area contributed by atoms with Gasteiger partial charge < -0.3 is 15.2 Å². The number of rotatable bonds is 6. The Morgan fingerprint density at radius 3 is 2.95 bits per heavy atom. The van der Waals surface area contributed by atoms with Crippen LogP contribution in [-0.2, 0) is 16.0 Å². The van der Waals surface area contributed by atoms with Crippen molar-refractivity contribution in [3.05, 3.63) is 35.4 Å². The van der Waals surface area contributed by atoms with Crippen LogP contribution in [0.25, 0.3) is 0 Å². The van der Waals surface area contributed by atoms with Gasteiger partial charge in [0.05, 0.1) is 12.0 Å². The Balaban J connectivity index is 1.73. The molecule has 1 aromatic carbocycles. The van der Waals surface area contributed by atoms with E-state index in [-0.39, 0.29) is 17.9 Å². The van der Waals surface area contributed by atoms with Crippen molar-refractivity contribution in [3.8, 4) is 0 Å². The topological polar surface area (TPSA) is 75.6 Å². The Kier molecular flexibility index (Phi) is 5.75. The second-order valence-electron chi connectivity index (χ2n) is 5.40. The second kappa shape index (κ2) is 7.78. The first-order chi connectivity index (χ1) is 10.1. The fourth-order valence-corrected chi connectivity index (χ4v) is 2.51. The highest BCUT2D eigenvalue weighted by Crippen LogP contribution is 2.16. The molecule has 0 saturated carbocycles. The Hall–Kier alpha value is -1.88. The van der Waals surface area contributed by atoms with Crippen LogP contribution < -0.4 is 5.32 Å². The number of hydrogen-bond donors (Lipinski definition) is 2. The van der Waals surface area contributed by atoms with Gasteiger partial charge in [0, 0.05) is 19.8 Å². The first-order valence-corrected chi connectivity index (χ1v) is 7.32. The summed E-state index contributed by atoms with van der Waals surface area (Å²) in [5.74, 6) is -0.516. The maximum atomic E-state index is 11.8. The molecule has 0 bridgehead atoms. The predicted molar refractivity (Wildman–Crippen MR) is 78.3 cm³/mol. The van der Waals surface area contributed by atoms with E-state index in [2.05, 4.69) is 5.32 Å². The van der Waals surface area contributed by atoms with Crippen molar-refractivity contribution < 1.29 is 19.4 Å². The molecule has 1 heterocycles. The van der Waals surface area contributed by atoms with E-state index in [1.165, 1.54) is 12.1 Å². The summed E-state index contributed by atoms with van der Waals surface area (Å²) in [6.45, 7) is 2.28. The molecule has 1 unspecified atom stereocenters. The van der Waals surface area contributed by atoms with Crippen molar-refractivity contribution in [2.75, 3.05) is 19.8 Å². The van der Waals surface area contributed by atoms with Gasteiger partial charge in [-0.15, -0.1) is 0 Å². The number of ether oxygens (including phenoxy) is 1. The largest absolute Gasteiger partial charge is 0.478 e. The minimum Gasteiger partial charge on any atom is -0.478 e. The second-order valence-corrected chi connectivity index (χ2v) is 5.40. The molecule has 21 heavy (non-hydrogen) atoms. The molecule has 1 aliphatic heterocycles. The lowest BCUT2D eigenvalue weighted by Gasteiger charge is -2.21. The van der Waals surface area contributed by atoms with Gasteiger partial charge in [-0.25, -0.2) is 4.79 Å². The molecule has 1 fully saturated rings. The first kappa shape index (κ1) is 15.5. The molecule has 5 heteroatoms. The Labute approximate surface area is 124 Å². The SMILES string of the molecule is O=C(Cc1cccc(C(=O)O)c1)NCCC1CCCOC1. The maximum Gasteiger partial charge on any atom is 0.335 e. The van der Waals surface area contributed by atoms with E-state index in [1.807, 2.05) is 0 Å². The van der Waals surface area contributed by atoms with Crippen LogP contribution in [0.15, 0.2) is 24.3 Å². The van der Waals surface area contributed by atoms with Gasteiger partial charge in [-0.1, -0.05) is 12.1 Å². The van der Waals surface area contributed by atoms with Gasteiger partial charge in [-0.2, -0.15) is 0 Å². The standard InChI is InChI=1S/C16H21NO4/c18-15(17-7-6-12-4-2-8-21-11-12)10-13-3-1-5-14(9-13)16(19)20/h1,3,5,9,12H,2,4,6-8,10-11H2,(H,17,18)(H,19,20). The summed E-state index contributed by atoms with van der Waals surface area (Å²) in [6, 6.07) is 6.48. The normalized spacial score (nSPS) is 18.2. The molecular formula is C16H21NO4. The zero-order valence-corrected chi connectivity index (χ0v) is 12.0.